The molecule has 0 N–H and O–H groups in total. The average molecular weight is 314 g/mol. The molecule has 2 aromatic heterocycles. The number of rotatable bonds is 3. The molecule has 1 fully saturated rings. The van der Waals surface area contributed by atoms with Crippen LogP contribution < -0.4 is 0 Å². The van der Waals surface area contributed by atoms with Crippen LogP contribution in [0.25, 0.3) is 11.3 Å². The fourth-order valence-electron chi connectivity index (χ4n) is 2.80. The highest BCUT2D eigenvalue weighted by Crippen LogP contribution is 2.56. The molecular formula is C17H12F2N2S. The Morgan fingerprint density at radius 1 is 1.00 bits per heavy atom. The maximum atomic E-state index is 14.1. The highest BCUT2D eigenvalue weighted by atomic mass is 32.1. The van der Waals surface area contributed by atoms with Crippen LogP contribution in [0.15, 0.2) is 48.1 Å². The van der Waals surface area contributed by atoms with E-state index in [2.05, 4.69) is 9.97 Å². The molecule has 0 amide bonds. The Balaban J connectivity index is 1.78. The topological polar surface area (TPSA) is 25.8 Å². The van der Waals surface area contributed by atoms with Crippen molar-refractivity contribution < 1.29 is 8.78 Å². The lowest BCUT2D eigenvalue weighted by atomic mass is 9.95. The summed E-state index contributed by atoms with van der Waals surface area (Å²) in [6, 6.07) is 7.78. The Morgan fingerprint density at radius 2 is 1.68 bits per heavy atom. The van der Waals surface area contributed by atoms with E-state index in [1.165, 1.54) is 29.5 Å². The van der Waals surface area contributed by atoms with Gasteiger partial charge in [0.25, 0.3) is 0 Å². The molecule has 2 heterocycles. The van der Waals surface area contributed by atoms with Crippen LogP contribution in [0, 0.1) is 11.6 Å². The Bertz CT molecular complexity index is 805. The highest BCUT2D eigenvalue weighted by molar-refractivity contribution is 7.10. The van der Waals surface area contributed by atoms with Gasteiger partial charge in [-0.15, -0.1) is 11.3 Å². The van der Waals surface area contributed by atoms with Gasteiger partial charge in [-0.25, -0.2) is 13.8 Å². The second-order valence-electron chi connectivity index (χ2n) is 5.45. The van der Waals surface area contributed by atoms with E-state index < -0.39 is 17.0 Å². The lowest BCUT2D eigenvalue weighted by molar-refractivity contribution is 0.536. The molecular weight excluding hydrogens is 302 g/mol. The van der Waals surface area contributed by atoms with Crippen LogP contribution in [-0.2, 0) is 5.41 Å². The minimum atomic E-state index is -0.592. The fraction of sp³-hybridized carbons (Fsp3) is 0.176. The minimum absolute atomic E-state index is 0.158. The van der Waals surface area contributed by atoms with Crippen molar-refractivity contribution in [2.45, 2.75) is 18.3 Å². The number of hydrogen-bond acceptors (Lipinski definition) is 3. The molecule has 0 bridgehead atoms. The summed E-state index contributed by atoms with van der Waals surface area (Å²) in [6.07, 6.45) is 4.87. The molecule has 1 aromatic carbocycles. The molecule has 0 radical (unpaired) electrons. The Morgan fingerprint density at radius 3 is 2.32 bits per heavy atom. The van der Waals surface area contributed by atoms with Crippen LogP contribution in [-0.4, -0.2) is 9.97 Å². The van der Waals surface area contributed by atoms with Crippen molar-refractivity contribution in [2.75, 3.05) is 0 Å². The molecule has 0 atom stereocenters. The van der Waals surface area contributed by atoms with E-state index in [1.54, 1.807) is 12.4 Å². The quantitative estimate of drug-likeness (QED) is 0.708. The number of benzene rings is 1. The lowest BCUT2D eigenvalue weighted by Gasteiger charge is -2.14. The predicted molar refractivity (Wildman–Crippen MR) is 81.7 cm³/mol. The van der Waals surface area contributed by atoms with Crippen LogP contribution in [0.1, 0.15) is 23.4 Å². The van der Waals surface area contributed by atoms with Crippen LogP contribution in [0.2, 0.25) is 0 Å². The first-order valence-corrected chi connectivity index (χ1v) is 7.89. The zero-order valence-electron chi connectivity index (χ0n) is 11.6. The summed E-state index contributed by atoms with van der Waals surface area (Å²) in [6.45, 7) is 0. The van der Waals surface area contributed by atoms with Gasteiger partial charge in [0.1, 0.15) is 16.6 Å². The second-order valence-corrected chi connectivity index (χ2v) is 6.31. The number of pyridine rings is 1. The second kappa shape index (κ2) is 4.95. The molecule has 110 valence electrons. The standard InChI is InChI=1S/C17H12F2N2S/c18-12-2-1-3-13(19)15(12)17(6-7-17)16-21-14(10-22-16)11-4-8-20-9-5-11/h1-5,8-10H,6-7H2. The third-order valence-electron chi connectivity index (χ3n) is 4.08. The van der Waals surface area contributed by atoms with Gasteiger partial charge >= 0.3 is 0 Å². The molecule has 22 heavy (non-hydrogen) atoms. The number of nitrogens with zero attached hydrogens (tertiary/aromatic N) is 2. The molecule has 1 aliphatic rings. The highest BCUT2D eigenvalue weighted by Gasteiger charge is 2.51. The zero-order valence-corrected chi connectivity index (χ0v) is 12.4. The molecule has 1 saturated carbocycles. The van der Waals surface area contributed by atoms with E-state index in [1.807, 2.05) is 17.5 Å². The van der Waals surface area contributed by atoms with E-state index in [9.17, 15) is 8.78 Å². The number of aromatic nitrogens is 2. The molecule has 0 unspecified atom stereocenters. The van der Waals surface area contributed by atoms with E-state index in [4.69, 9.17) is 0 Å². The van der Waals surface area contributed by atoms with Crippen LogP contribution in [0.3, 0.4) is 0 Å². The van der Waals surface area contributed by atoms with Gasteiger partial charge in [-0.1, -0.05) is 6.07 Å². The fourth-order valence-corrected chi connectivity index (χ4v) is 3.89. The first-order chi connectivity index (χ1) is 10.7. The Labute approximate surface area is 130 Å². The van der Waals surface area contributed by atoms with E-state index in [-0.39, 0.29) is 5.56 Å². The van der Waals surface area contributed by atoms with Gasteiger partial charge in [0.2, 0.25) is 0 Å². The van der Waals surface area contributed by atoms with Gasteiger partial charge in [0.15, 0.2) is 0 Å². The van der Waals surface area contributed by atoms with Gasteiger partial charge < -0.3 is 0 Å². The zero-order chi connectivity index (χ0) is 15.2. The van der Waals surface area contributed by atoms with Crippen molar-refractivity contribution in [3.05, 3.63) is 70.3 Å². The molecule has 5 heteroatoms. The first-order valence-electron chi connectivity index (χ1n) is 7.02. The minimum Gasteiger partial charge on any atom is -0.265 e. The average Bonchev–Trinajstić information content (AvgIpc) is 3.16. The van der Waals surface area contributed by atoms with Gasteiger partial charge in [-0.3, -0.25) is 4.98 Å². The lowest BCUT2D eigenvalue weighted by Crippen LogP contribution is -2.13. The van der Waals surface area contributed by atoms with Crippen molar-refractivity contribution in [2.24, 2.45) is 0 Å². The smallest absolute Gasteiger partial charge is 0.130 e. The third kappa shape index (κ3) is 2.04. The number of thiazole rings is 1. The summed E-state index contributed by atoms with van der Waals surface area (Å²) in [5, 5.41) is 2.71. The number of halogens is 2. The van der Waals surface area contributed by atoms with Gasteiger partial charge in [0, 0.05) is 28.9 Å². The molecule has 4 rings (SSSR count). The molecule has 2 nitrogen and oxygen atoms in total. The molecule has 1 aliphatic carbocycles. The van der Waals surface area contributed by atoms with Crippen molar-refractivity contribution in [3.63, 3.8) is 0 Å². The summed E-state index contributed by atoms with van der Waals surface area (Å²) in [5.41, 5.74) is 1.35. The van der Waals surface area contributed by atoms with Gasteiger partial charge in [0.05, 0.1) is 11.1 Å². The summed E-state index contributed by atoms with van der Waals surface area (Å²) < 4.78 is 28.3. The first kappa shape index (κ1) is 13.5. The van der Waals surface area contributed by atoms with E-state index >= 15 is 0 Å². The van der Waals surface area contributed by atoms with Gasteiger partial charge in [-0.2, -0.15) is 0 Å². The Kier molecular flexibility index (Phi) is 3.04. The molecule has 0 spiro atoms. The van der Waals surface area contributed by atoms with Crippen molar-refractivity contribution in [1.29, 1.82) is 0 Å². The maximum absolute atomic E-state index is 14.1. The summed E-state index contributed by atoms with van der Waals surface area (Å²) in [5.74, 6) is -0.976. The van der Waals surface area contributed by atoms with Crippen molar-refractivity contribution >= 4 is 11.3 Å². The third-order valence-corrected chi connectivity index (χ3v) is 5.13. The predicted octanol–water partition coefficient (Wildman–Crippen LogP) is 4.56. The van der Waals surface area contributed by atoms with Gasteiger partial charge in [-0.05, 0) is 37.1 Å². The molecule has 3 aromatic rings. The van der Waals surface area contributed by atoms with E-state index in [0.29, 0.717) is 0 Å². The normalized spacial score (nSPS) is 15.7. The molecule has 0 aliphatic heterocycles. The summed E-state index contributed by atoms with van der Waals surface area (Å²) >= 11 is 1.46. The summed E-state index contributed by atoms with van der Waals surface area (Å²) in [4.78, 5) is 8.62. The van der Waals surface area contributed by atoms with Crippen LogP contribution in [0.5, 0.6) is 0 Å². The van der Waals surface area contributed by atoms with E-state index in [0.717, 1.165) is 29.1 Å². The van der Waals surface area contributed by atoms with Crippen molar-refractivity contribution in [1.82, 2.24) is 9.97 Å². The van der Waals surface area contributed by atoms with Crippen LogP contribution >= 0.6 is 11.3 Å². The van der Waals surface area contributed by atoms with Crippen LogP contribution in [0.4, 0.5) is 8.78 Å². The summed E-state index contributed by atoms with van der Waals surface area (Å²) in [7, 11) is 0. The monoisotopic (exact) mass is 314 g/mol. The molecule has 0 saturated heterocycles. The SMILES string of the molecule is Fc1cccc(F)c1C1(c2nc(-c3ccncc3)cs2)CC1. The number of hydrogen-bond donors (Lipinski definition) is 0. The van der Waals surface area contributed by atoms with Crippen molar-refractivity contribution in [3.8, 4) is 11.3 Å². The largest absolute Gasteiger partial charge is 0.265 e. The Hall–Kier alpha value is -2.14. The maximum Gasteiger partial charge on any atom is 0.130 e.